The number of para-hydroxylation sites is 1. The van der Waals surface area contributed by atoms with Crippen molar-refractivity contribution in [1.29, 1.82) is 0 Å². The maximum Gasteiger partial charge on any atom is 0.254 e. The van der Waals surface area contributed by atoms with Crippen molar-refractivity contribution in [1.82, 2.24) is 29.4 Å². The third kappa shape index (κ3) is 3.35. The summed E-state index contributed by atoms with van der Waals surface area (Å²) < 4.78 is 9.09. The molecule has 1 aliphatic heterocycles. The van der Waals surface area contributed by atoms with Crippen molar-refractivity contribution < 1.29 is 9.53 Å². The molecule has 8 heteroatoms. The summed E-state index contributed by atoms with van der Waals surface area (Å²) in [4.78, 5) is 15.0. The number of nitrogens with zero attached hydrogens (tertiary/aromatic N) is 6. The van der Waals surface area contributed by atoms with Crippen LogP contribution in [0.4, 0.5) is 0 Å². The minimum atomic E-state index is -0.0242. The third-order valence-electron chi connectivity index (χ3n) is 5.64. The van der Waals surface area contributed by atoms with Gasteiger partial charge in [-0.3, -0.25) is 14.0 Å². The summed E-state index contributed by atoms with van der Waals surface area (Å²) in [6, 6.07) is 17.2. The molecule has 2 aromatic heterocycles. The molecular formula is C23H22N6O2. The Morgan fingerprint density at radius 2 is 1.94 bits per heavy atom. The number of hydrogen-bond donors (Lipinski definition) is 0. The van der Waals surface area contributed by atoms with Crippen LogP contribution in [-0.4, -0.2) is 49.0 Å². The van der Waals surface area contributed by atoms with Gasteiger partial charge in [-0.25, -0.2) is 0 Å². The van der Waals surface area contributed by atoms with Crippen LogP contribution in [0.2, 0.25) is 0 Å². The average molecular weight is 414 g/mol. The van der Waals surface area contributed by atoms with Crippen molar-refractivity contribution in [3.8, 4) is 23.0 Å². The lowest BCUT2D eigenvalue weighted by Gasteiger charge is -2.28. The van der Waals surface area contributed by atoms with Gasteiger partial charge in [-0.15, -0.1) is 10.2 Å². The molecular weight excluding hydrogens is 392 g/mol. The fourth-order valence-corrected chi connectivity index (χ4v) is 4.06. The first-order valence-electron chi connectivity index (χ1n) is 10.1. The van der Waals surface area contributed by atoms with Crippen molar-refractivity contribution in [2.45, 2.75) is 13.0 Å². The number of aromatic nitrogens is 5. The molecule has 31 heavy (non-hydrogen) atoms. The van der Waals surface area contributed by atoms with Gasteiger partial charge in [-0.2, -0.15) is 5.10 Å². The van der Waals surface area contributed by atoms with Gasteiger partial charge < -0.3 is 9.64 Å². The molecule has 0 saturated heterocycles. The molecule has 156 valence electrons. The van der Waals surface area contributed by atoms with Gasteiger partial charge in [0.2, 0.25) is 0 Å². The van der Waals surface area contributed by atoms with Crippen LogP contribution in [0.25, 0.3) is 17.2 Å². The zero-order valence-corrected chi connectivity index (χ0v) is 17.4. The fourth-order valence-electron chi connectivity index (χ4n) is 4.06. The molecule has 5 rings (SSSR count). The quantitative estimate of drug-likeness (QED) is 0.513. The SMILES string of the molecule is COc1cccc(C(=O)N2CCc3c(c(-c4nncn4-c4ccccc4)nn3C)C2)c1. The Hall–Kier alpha value is -3.94. The Labute approximate surface area is 179 Å². The number of methoxy groups -OCH3 is 1. The van der Waals surface area contributed by atoms with E-state index in [9.17, 15) is 4.79 Å². The van der Waals surface area contributed by atoms with Gasteiger partial charge in [0.25, 0.3) is 5.91 Å². The van der Waals surface area contributed by atoms with Crippen LogP contribution in [0, 0.1) is 0 Å². The molecule has 0 bridgehead atoms. The van der Waals surface area contributed by atoms with E-state index in [0.29, 0.717) is 30.2 Å². The highest BCUT2D eigenvalue weighted by molar-refractivity contribution is 5.94. The number of carbonyl (C=O) groups is 1. The lowest BCUT2D eigenvalue weighted by Crippen LogP contribution is -2.36. The standard InChI is InChI=1S/C23H22N6O2/c1-27-20-11-12-28(23(30)16-7-6-10-18(13-16)31-2)14-19(20)21(26-27)22-25-24-15-29(22)17-8-4-3-5-9-17/h3-10,13,15H,11-12,14H2,1-2H3. The number of ether oxygens (including phenoxy) is 1. The van der Waals surface area contributed by atoms with Gasteiger partial charge in [0.1, 0.15) is 17.8 Å². The van der Waals surface area contributed by atoms with Gasteiger partial charge in [-0.05, 0) is 30.3 Å². The second kappa shape index (κ2) is 7.71. The predicted octanol–water partition coefficient (Wildman–Crippen LogP) is 2.87. The molecule has 8 nitrogen and oxygen atoms in total. The van der Waals surface area contributed by atoms with E-state index in [0.717, 1.165) is 29.1 Å². The van der Waals surface area contributed by atoms with Crippen molar-refractivity contribution in [3.63, 3.8) is 0 Å². The summed E-state index contributed by atoms with van der Waals surface area (Å²) in [6.45, 7) is 1.10. The van der Waals surface area contributed by atoms with Gasteiger partial charge >= 0.3 is 0 Å². The Morgan fingerprint density at radius 3 is 2.74 bits per heavy atom. The monoisotopic (exact) mass is 414 g/mol. The summed E-state index contributed by atoms with van der Waals surface area (Å²) in [5.74, 6) is 1.31. The topological polar surface area (TPSA) is 78.1 Å². The van der Waals surface area contributed by atoms with Crippen molar-refractivity contribution >= 4 is 5.91 Å². The van der Waals surface area contributed by atoms with Gasteiger partial charge in [0.15, 0.2) is 5.82 Å². The summed E-state index contributed by atoms with van der Waals surface area (Å²) >= 11 is 0. The molecule has 0 spiro atoms. The lowest BCUT2D eigenvalue weighted by molar-refractivity contribution is 0.0733. The summed E-state index contributed by atoms with van der Waals surface area (Å²) in [7, 11) is 3.53. The van der Waals surface area contributed by atoms with Gasteiger partial charge in [0.05, 0.1) is 13.7 Å². The summed E-state index contributed by atoms with van der Waals surface area (Å²) in [6.07, 6.45) is 2.42. The van der Waals surface area contributed by atoms with Gasteiger partial charge in [0, 0.05) is 42.5 Å². The second-order valence-electron chi connectivity index (χ2n) is 7.47. The van der Waals surface area contributed by atoms with Crippen LogP contribution in [0.1, 0.15) is 21.6 Å². The number of amides is 1. The number of carbonyl (C=O) groups excluding carboxylic acids is 1. The Morgan fingerprint density at radius 1 is 1.10 bits per heavy atom. The Kier molecular flexibility index (Phi) is 4.74. The number of hydrogen-bond acceptors (Lipinski definition) is 5. The number of aryl methyl sites for hydroxylation is 1. The van der Waals surface area contributed by atoms with E-state index in [1.807, 2.05) is 69.7 Å². The molecule has 3 heterocycles. The second-order valence-corrected chi connectivity index (χ2v) is 7.47. The molecule has 0 fully saturated rings. The Bertz CT molecular complexity index is 1240. The number of fused-ring (bicyclic) bond motifs is 1. The van der Waals surface area contributed by atoms with Crippen molar-refractivity contribution in [3.05, 3.63) is 77.7 Å². The number of rotatable bonds is 4. The average Bonchev–Trinajstić information content (AvgIpc) is 3.43. The smallest absolute Gasteiger partial charge is 0.254 e. The minimum Gasteiger partial charge on any atom is -0.497 e. The van der Waals surface area contributed by atoms with Crippen LogP contribution in [0.5, 0.6) is 5.75 Å². The van der Waals surface area contributed by atoms with E-state index in [1.54, 1.807) is 19.5 Å². The van der Waals surface area contributed by atoms with Crippen LogP contribution in [0.3, 0.4) is 0 Å². The first kappa shape index (κ1) is 19.0. The highest BCUT2D eigenvalue weighted by Crippen LogP contribution is 2.30. The predicted molar refractivity (Wildman–Crippen MR) is 115 cm³/mol. The van der Waals surface area contributed by atoms with Crippen LogP contribution in [-0.2, 0) is 20.0 Å². The number of benzene rings is 2. The van der Waals surface area contributed by atoms with E-state index in [1.165, 1.54) is 0 Å². The van der Waals surface area contributed by atoms with Crippen molar-refractivity contribution in [2.24, 2.45) is 7.05 Å². The summed E-state index contributed by atoms with van der Waals surface area (Å²) in [5, 5.41) is 13.2. The lowest BCUT2D eigenvalue weighted by atomic mass is 10.0. The maximum atomic E-state index is 13.2. The molecule has 0 N–H and O–H groups in total. The molecule has 0 unspecified atom stereocenters. The normalized spacial score (nSPS) is 13.2. The molecule has 1 aliphatic rings. The Balaban J connectivity index is 1.51. The first-order valence-corrected chi connectivity index (χ1v) is 10.1. The molecule has 4 aromatic rings. The fraction of sp³-hybridized carbons (Fsp3) is 0.217. The molecule has 0 aliphatic carbocycles. The zero-order valence-electron chi connectivity index (χ0n) is 17.4. The first-order chi connectivity index (χ1) is 15.2. The maximum absolute atomic E-state index is 13.2. The van der Waals surface area contributed by atoms with Gasteiger partial charge in [-0.1, -0.05) is 24.3 Å². The molecule has 0 saturated carbocycles. The van der Waals surface area contributed by atoms with Crippen LogP contribution < -0.4 is 4.74 Å². The van der Waals surface area contributed by atoms with E-state index in [2.05, 4.69) is 10.2 Å². The summed E-state index contributed by atoms with van der Waals surface area (Å²) in [5.41, 5.74) is 4.45. The zero-order chi connectivity index (χ0) is 21.4. The van der Waals surface area contributed by atoms with E-state index < -0.39 is 0 Å². The van der Waals surface area contributed by atoms with E-state index in [-0.39, 0.29) is 5.91 Å². The third-order valence-corrected chi connectivity index (χ3v) is 5.64. The van der Waals surface area contributed by atoms with Crippen molar-refractivity contribution in [2.75, 3.05) is 13.7 Å². The van der Waals surface area contributed by atoms with Crippen LogP contribution >= 0.6 is 0 Å². The molecule has 0 radical (unpaired) electrons. The molecule has 0 atom stereocenters. The van der Waals surface area contributed by atoms with E-state index >= 15 is 0 Å². The highest BCUT2D eigenvalue weighted by atomic mass is 16.5. The molecule has 2 aromatic carbocycles. The minimum absolute atomic E-state index is 0.0242. The van der Waals surface area contributed by atoms with Crippen LogP contribution in [0.15, 0.2) is 60.9 Å². The molecule has 1 amide bonds. The van der Waals surface area contributed by atoms with E-state index in [4.69, 9.17) is 9.84 Å². The highest BCUT2D eigenvalue weighted by Gasteiger charge is 2.29. The largest absolute Gasteiger partial charge is 0.497 e.